The molecule has 134 valence electrons. The molecule has 6 heteroatoms. The Balaban J connectivity index is 1.88. The minimum absolute atomic E-state index is 0.214. The van der Waals surface area contributed by atoms with Crippen molar-refractivity contribution in [3.05, 3.63) is 59.9 Å². The van der Waals surface area contributed by atoms with Gasteiger partial charge in [0, 0.05) is 5.56 Å². The first kappa shape index (κ1) is 18.9. The number of hydrogen-bond acceptors (Lipinski definition) is 2. The van der Waals surface area contributed by atoms with Crippen LogP contribution in [0.1, 0.15) is 11.6 Å². The molecule has 1 amide bonds. The van der Waals surface area contributed by atoms with E-state index in [0.29, 0.717) is 0 Å². The Morgan fingerprint density at radius 1 is 1.20 bits per heavy atom. The first-order chi connectivity index (χ1) is 12.0. The molecule has 0 aliphatic carbocycles. The number of likely N-dealkylation sites (N-methyl/N-ethyl adjacent to an activating group) is 1. The molecule has 0 radical (unpaired) electrons. The van der Waals surface area contributed by atoms with Crippen molar-refractivity contribution in [3.8, 4) is 5.75 Å². The summed E-state index contributed by atoms with van der Waals surface area (Å²) >= 11 is 0. The molecule has 5 nitrogen and oxygen atoms in total. The van der Waals surface area contributed by atoms with E-state index in [0.717, 1.165) is 12.3 Å². The van der Waals surface area contributed by atoms with E-state index < -0.39 is 5.82 Å². The number of benzene rings is 2. The Morgan fingerprint density at radius 2 is 1.88 bits per heavy atom. The van der Waals surface area contributed by atoms with Crippen LogP contribution in [0.15, 0.2) is 48.5 Å². The molecule has 2 rings (SSSR count). The lowest BCUT2D eigenvalue weighted by atomic mass is 10.1. The van der Waals surface area contributed by atoms with Gasteiger partial charge in [0.15, 0.2) is 12.6 Å². The van der Waals surface area contributed by atoms with Crippen LogP contribution in [0.3, 0.4) is 0 Å². The van der Waals surface area contributed by atoms with Gasteiger partial charge in [0.1, 0.15) is 18.1 Å². The molecule has 0 aliphatic heterocycles. The minimum Gasteiger partial charge on any atom is -0.497 e. The Morgan fingerprint density at radius 3 is 2.48 bits per heavy atom. The number of quaternary nitrogens is 2. The van der Waals surface area contributed by atoms with Crippen LogP contribution in [0.2, 0.25) is 0 Å². The van der Waals surface area contributed by atoms with Crippen molar-refractivity contribution < 1.29 is 24.1 Å². The van der Waals surface area contributed by atoms with E-state index in [-0.39, 0.29) is 24.2 Å². The maximum atomic E-state index is 13.6. The number of anilines is 1. The average Bonchev–Trinajstić information content (AvgIpc) is 2.60. The van der Waals surface area contributed by atoms with Crippen molar-refractivity contribution in [3.63, 3.8) is 0 Å². The molecule has 1 atom stereocenters. The molecule has 2 aromatic rings. The first-order valence-electron chi connectivity index (χ1n) is 8.31. The predicted molar refractivity (Wildman–Crippen MR) is 95.2 cm³/mol. The fraction of sp³-hybridized carbons (Fsp3) is 0.316. The number of halogens is 1. The highest BCUT2D eigenvalue weighted by molar-refractivity contribution is 5.91. The third-order valence-corrected chi connectivity index (χ3v) is 4.10. The van der Waals surface area contributed by atoms with Crippen LogP contribution in [0.4, 0.5) is 10.1 Å². The van der Waals surface area contributed by atoms with Gasteiger partial charge >= 0.3 is 0 Å². The Labute approximate surface area is 147 Å². The number of carbonyl (C=O) groups is 1. The third-order valence-electron chi connectivity index (χ3n) is 4.10. The number of hydrogen-bond donors (Lipinski definition) is 3. The zero-order valence-electron chi connectivity index (χ0n) is 14.9. The number of ether oxygens (including phenoxy) is 1. The van der Waals surface area contributed by atoms with E-state index in [9.17, 15) is 9.18 Å². The quantitative estimate of drug-likeness (QED) is 0.640. The number of rotatable bonds is 8. The zero-order valence-corrected chi connectivity index (χ0v) is 14.9. The molecular weight excluding hydrogens is 321 g/mol. The zero-order chi connectivity index (χ0) is 18.2. The second-order valence-corrected chi connectivity index (χ2v) is 6.16. The standard InChI is InChI=1S/C19H24FN3O2/c1-23(2)18(14-8-10-15(25-3)11-9-14)12-21-13-19(24)22-17-7-5-4-6-16(17)20/h4-11,18,21H,12-13H2,1-3H3,(H,22,24)/p+2/t18-/m0/s1. The molecule has 0 saturated heterocycles. The normalized spacial score (nSPS) is 12.0. The van der Waals surface area contributed by atoms with Crippen LogP contribution >= 0.6 is 0 Å². The molecule has 25 heavy (non-hydrogen) atoms. The van der Waals surface area contributed by atoms with Crippen LogP contribution < -0.4 is 20.3 Å². The summed E-state index contributed by atoms with van der Waals surface area (Å²) in [6, 6.07) is 14.4. The van der Waals surface area contributed by atoms with Gasteiger partial charge in [-0.2, -0.15) is 0 Å². The largest absolute Gasteiger partial charge is 0.497 e. The van der Waals surface area contributed by atoms with E-state index in [1.165, 1.54) is 16.5 Å². The molecule has 0 spiro atoms. The van der Waals surface area contributed by atoms with Crippen LogP contribution in [0.25, 0.3) is 0 Å². The van der Waals surface area contributed by atoms with Gasteiger partial charge in [0.25, 0.3) is 5.91 Å². The fourth-order valence-corrected chi connectivity index (χ4v) is 2.69. The SMILES string of the molecule is COc1ccc([C@H](C[NH2+]CC(=O)Nc2ccccc2F)[NH+](C)C)cc1. The Bertz CT molecular complexity index is 689. The molecule has 0 fully saturated rings. The molecule has 0 saturated carbocycles. The topological polar surface area (TPSA) is 59.4 Å². The second-order valence-electron chi connectivity index (χ2n) is 6.16. The summed E-state index contributed by atoms with van der Waals surface area (Å²) in [6.45, 7) is 0.994. The lowest BCUT2D eigenvalue weighted by Crippen LogP contribution is -3.09. The van der Waals surface area contributed by atoms with Gasteiger partial charge in [0.2, 0.25) is 0 Å². The van der Waals surface area contributed by atoms with Gasteiger partial charge in [0.05, 0.1) is 26.9 Å². The smallest absolute Gasteiger partial charge is 0.279 e. The molecule has 2 aromatic carbocycles. The summed E-state index contributed by atoms with van der Waals surface area (Å²) in [5, 5.41) is 4.54. The van der Waals surface area contributed by atoms with Crippen molar-refractivity contribution >= 4 is 11.6 Å². The van der Waals surface area contributed by atoms with Gasteiger partial charge in [-0.25, -0.2) is 4.39 Å². The highest BCUT2D eigenvalue weighted by Crippen LogP contribution is 2.15. The van der Waals surface area contributed by atoms with E-state index in [4.69, 9.17) is 4.74 Å². The number of amides is 1. The van der Waals surface area contributed by atoms with Crippen molar-refractivity contribution in [2.24, 2.45) is 0 Å². The number of carbonyl (C=O) groups excluding carboxylic acids is 1. The lowest BCUT2D eigenvalue weighted by Gasteiger charge is -2.20. The predicted octanol–water partition coefficient (Wildman–Crippen LogP) is 0.222. The summed E-state index contributed by atoms with van der Waals surface area (Å²) in [7, 11) is 5.82. The average molecular weight is 347 g/mol. The van der Waals surface area contributed by atoms with Crippen molar-refractivity contribution in [2.45, 2.75) is 6.04 Å². The van der Waals surface area contributed by atoms with Gasteiger partial charge in [-0.05, 0) is 36.4 Å². The summed E-state index contributed by atoms with van der Waals surface area (Å²) in [6.07, 6.45) is 0. The van der Waals surface area contributed by atoms with Crippen LogP contribution in [0, 0.1) is 5.82 Å². The van der Waals surface area contributed by atoms with Crippen LogP contribution in [0.5, 0.6) is 5.75 Å². The minimum atomic E-state index is -0.426. The van der Waals surface area contributed by atoms with Crippen LogP contribution in [-0.2, 0) is 4.79 Å². The first-order valence-corrected chi connectivity index (χ1v) is 8.31. The summed E-state index contributed by atoms with van der Waals surface area (Å²) in [5.41, 5.74) is 1.40. The van der Waals surface area contributed by atoms with E-state index in [1.807, 2.05) is 29.6 Å². The second kappa shape index (κ2) is 9.15. The highest BCUT2D eigenvalue weighted by atomic mass is 19.1. The number of nitrogens with two attached hydrogens (primary N) is 1. The summed E-state index contributed by atoms with van der Waals surface area (Å²) < 4.78 is 18.7. The lowest BCUT2D eigenvalue weighted by molar-refractivity contribution is -0.908. The highest BCUT2D eigenvalue weighted by Gasteiger charge is 2.20. The molecule has 0 heterocycles. The Hall–Kier alpha value is -2.44. The van der Waals surface area contributed by atoms with Gasteiger partial charge in [-0.15, -0.1) is 0 Å². The van der Waals surface area contributed by atoms with Crippen molar-refractivity contribution in [1.82, 2.24) is 0 Å². The maximum Gasteiger partial charge on any atom is 0.279 e. The molecule has 0 bridgehead atoms. The molecule has 4 N–H and O–H groups in total. The fourth-order valence-electron chi connectivity index (χ4n) is 2.69. The number of para-hydroxylation sites is 1. The van der Waals surface area contributed by atoms with Crippen molar-refractivity contribution in [1.29, 1.82) is 0 Å². The third kappa shape index (κ3) is 5.55. The maximum absolute atomic E-state index is 13.6. The monoisotopic (exact) mass is 347 g/mol. The van der Waals surface area contributed by atoms with E-state index in [2.05, 4.69) is 19.4 Å². The summed E-state index contributed by atoms with van der Waals surface area (Å²) in [5.74, 6) is 0.182. The summed E-state index contributed by atoms with van der Waals surface area (Å²) in [4.78, 5) is 13.3. The number of nitrogens with one attached hydrogen (secondary N) is 2. The molecule has 0 unspecified atom stereocenters. The molecular formula is C19H26FN3O2+2. The van der Waals surface area contributed by atoms with Gasteiger partial charge in [-0.1, -0.05) is 12.1 Å². The Kier molecular flexibility index (Phi) is 6.91. The van der Waals surface area contributed by atoms with Gasteiger partial charge < -0.3 is 20.3 Å². The molecule has 0 aliphatic rings. The molecule has 0 aromatic heterocycles. The number of methoxy groups -OCH3 is 1. The van der Waals surface area contributed by atoms with Crippen LogP contribution in [-0.4, -0.2) is 40.2 Å². The van der Waals surface area contributed by atoms with Gasteiger partial charge in [-0.3, -0.25) is 4.79 Å². The van der Waals surface area contributed by atoms with Crippen molar-refractivity contribution in [2.75, 3.05) is 39.6 Å². The van der Waals surface area contributed by atoms with E-state index in [1.54, 1.807) is 25.3 Å². The van der Waals surface area contributed by atoms with E-state index >= 15 is 0 Å².